The second-order valence-corrected chi connectivity index (χ2v) is 5.16. The number of nitrogens with one attached hydrogen (secondary N) is 1. The molecule has 0 saturated heterocycles. The van der Waals surface area contributed by atoms with Crippen molar-refractivity contribution >= 4 is 34.8 Å². The van der Waals surface area contributed by atoms with E-state index in [2.05, 4.69) is 5.32 Å². The average Bonchev–Trinajstić information content (AvgIpc) is 2.46. The first kappa shape index (κ1) is 15.5. The minimum atomic E-state index is -0.820. The first-order valence-corrected chi connectivity index (χ1v) is 6.92. The number of ether oxygens (including phenoxy) is 1. The second-order valence-electron chi connectivity index (χ2n) is 4.34. The fourth-order valence-corrected chi connectivity index (χ4v) is 2.54. The van der Waals surface area contributed by atoms with Gasteiger partial charge in [0.1, 0.15) is 11.8 Å². The Hall–Kier alpha value is -1.91. The van der Waals surface area contributed by atoms with E-state index in [9.17, 15) is 4.79 Å². The number of anilines is 1. The monoisotopic (exact) mass is 324 g/mol. The van der Waals surface area contributed by atoms with Crippen molar-refractivity contribution in [2.75, 3.05) is 12.4 Å². The van der Waals surface area contributed by atoms with Crippen LogP contribution in [0.1, 0.15) is 11.6 Å². The second kappa shape index (κ2) is 6.70. The van der Waals surface area contributed by atoms with E-state index in [4.69, 9.17) is 33.7 Å². The van der Waals surface area contributed by atoms with Gasteiger partial charge in [0.25, 0.3) is 0 Å². The molecule has 0 saturated carbocycles. The Balaban J connectivity index is 2.33. The third-order valence-corrected chi connectivity index (χ3v) is 3.63. The van der Waals surface area contributed by atoms with E-state index in [0.29, 0.717) is 27.0 Å². The molecule has 1 amide bonds. The minimum absolute atomic E-state index is 0.382. The number of hydrogen-bond acceptors (Lipinski definition) is 3. The van der Waals surface area contributed by atoms with Gasteiger partial charge >= 0.3 is 0 Å². The van der Waals surface area contributed by atoms with E-state index < -0.39 is 11.9 Å². The van der Waals surface area contributed by atoms with Gasteiger partial charge in [0.2, 0.25) is 5.91 Å². The largest absolute Gasteiger partial charge is 0.497 e. The predicted octanol–water partition coefficient (Wildman–Crippen LogP) is 3.64. The summed E-state index contributed by atoms with van der Waals surface area (Å²) in [6, 6.07) is 11.3. The van der Waals surface area contributed by atoms with Crippen LogP contribution in [0.25, 0.3) is 0 Å². The number of hydrogen-bond donors (Lipinski definition) is 2. The Morgan fingerprint density at radius 3 is 2.19 bits per heavy atom. The summed E-state index contributed by atoms with van der Waals surface area (Å²) in [5.74, 6) is 0.146. The van der Waals surface area contributed by atoms with Crippen LogP contribution in [0, 0.1) is 0 Å². The highest BCUT2D eigenvalue weighted by Crippen LogP contribution is 2.32. The molecular formula is C15H14Cl2N2O2. The van der Waals surface area contributed by atoms with Crippen molar-refractivity contribution in [2.24, 2.45) is 5.73 Å². The fraction of sp³-hybridized carbons (Fsp3) is 0.133. The lowest BCUT2D eigenvalue weighted by atomic mass is 10.1. The molecule has 2 aromatic carbocycles. The maximum absolute atomic E-state index is 11.7. The number of carbonyl (C=O) groups excluding carboxylic acids is 1. The molecule has 2 aromatic rings. The third-order valence-electron chi connectivity index (χ3n) is 2.97. The number of carbonyl (C=O) groups is 1. The Kier molecular flexibility index (Phi) is 4.94. The van der Waals surface area contributed by atoms with Crippen molar-refractivity contribution in [3.05, 3.63) is 58.1 Å². The molecule has 3 N–H and O–H groups in total. The molecule has 4 nitrogen and oxygen atoms in total. The van der Waals surface area contributed by atoms with Crippen LogP contribution in [0.4, 0.5) is 5.69 Å². The molecule has 1 atom stereocenters. The molecule has 21 heavy (non-hydrogen) atoms. The highest BCUT2D eigenvalue weighted by Gasteiger charge is 2.23. The number of amides is 1. The number of benzene rings is 2. The molecule has 0 aliphatic carbocycles. The van der Waals surface area contributed by atoms with E-state index in [1.54, 1.807) is 49.6 Å². The first-order chi connectivity index (χ1) is 10.0. The smallest absolute Gasteiger partial charge is 0.244 e. The van der Waals surface area contributed by atoms with Crippen molar-refractivity contribution < 1.29 is 9.53 Å². The molecular weight excluding hydrogens is 311 g/mol. The predicted molar refractivity (Wildman–Crippen MR) is 85.0 cm³/mol. The molecule has 0 aliphatic rings. The molecule has 0 spiro atoms. The zero-order valence-electron chi connectivity index (χ0n) is 11.3. The van der Waals surface area contributed by atoms with Crippen molar-refractivity contribution in [3.8, 4) is 5.75 Å². The van der Waals surface area contributed by atoms with Crippen LogP contribution in [0.3, 0.4) is 0 Å². The molecule has 0 aromatic heterocycles. The van der Waals surface area contributed by atoms with E-state index >= 15 is 0 Å². The summed E-state index contributed by atoms with van der Waals surface area (Å²) >= 11 is 12.3. The van der Waals surface area contributed by atoms with Gasteiger partial charge in [0.15, 0.2) is 0 Å². The number of nitrogens with two attached hydrogens (primary N) is 1. The van der Waals surface area contributed by atoms with Crippen molar-refractivity contribution in [3.63, 3.8) is 0 Å². The lowest BCUT2D eigenvalue weighted by molar-refractivity contribution is -0.118. The number of halogens is 2. The van der Waals surface area contributed by atoms with Crippen molar-refractivity contribution in [1.29, 1.82) is 0 Å². The topological polar surface area (TPSA) is 64.3 Å². The highest BCUT2D eigenvalue weighted by atomic mass is 35.5. The molecule has 6 heteroatoms. The van der Waals surface area contributed by atoms with Gasteiger partial charge in [-0.2, -0.15) is 0 Å². The summed E-state index contributed by atoms with van der Waals surface area (Å²) in [4.78, 5) is 11.7. The summed E-state index contributed by atoms with van der Waals surface area (Å²) in [5.41, 5.74) is 6.63. The third kappa shape index (κ3) is 3.60. The molecule has 110 valence electrons. The molecule has 0 fully saturated rings. The zero-order chi connectivity index (χ0) is 15.4. The van der Waals surface area contributed by atoms with E-state index in [-0.39, 0.29) is 0 Å². The van der Waals surface area contributed by atoms with Gasteiger partial charge in [-0.25, -0.2) is 0 Å². The van der Waals surface area contributed by atoms with Crippen LogP contribution in [-0.2, 0) is 4.79 Å². The zero-order valence-corrected chi connectivity index (χ0v) is 12.8. The summed E-state index contributed by atoms with van der Waals surface area (Å²) in [5, 5.41) is 3.79. The SMILES string of the molecule is COc1ccc(NC(C(N)=O)c2c(Cl)cccc2Cl)cc1. The maximum Gasteiger partial charge on any atom is 0.244 e. The maximum atomic E-state index is 11.7. The Bertz CT molecular complexity index is 624. The quantitative estimate of drug-likeness (QED) is 0.882. The summed E-state index contributed by atoms with van der Waals surface area (Å²) in [6.45, 7) is 0. The molecule has 1 unspecified atom stereocenters. The Labute approximate surface area is 132 Å². The van der Waals surface area contributed by atoms with Gasteiger partial charge in [-0.3, -0.25) is 4.79 Å². The number of methoxy groups -OCH3 is 1. The van der Waals surface area contributed by atoms with Gasteiger partial charge in [-0.15, -0.1) is 0 Å². The van der Waals surface area contributed by atoms with Gasteiger partial charge in [0, 0.05) is 21.3 Å². The molecule has 0 heterocycles. The van der Waals surface area contributed by atoms with Gasteiger partial charge in [0.05, 0.1) is 7.11 Å². The van der Waals surface area contributed by atoms with Crippen LogP contribution in [-0.4, -0.2) is 13.0 Å². The summed E-state index contributed by atoms with van der Waals surface area (Å²) < 4.78 is 5.08. The molecule has 0 aliphatic heterocycles. The molecule has 0 radical (unpaired) electrons. The van der Waals surface area contributed by atoms with Gasteiger partial charge in [-0.1, -0.05) is 29.3 Å². The Morgan fingerprint density at radius 2 is 1.71 bits per heavy atom. The number of rotatable bonds is 5. The lowest BCUT2D eigenvalue weighted by Gasteiger charge is -2.19. The number of primary amides is 1. The van der Waals surface area contributed by atoms with Gasteiger partial charge < -0.3 is 15.8 Å². The van der Waals surface area contributed by atoms with Crippen LogP contribution in [0.15, 0.2) is 42.5 Å². The van der Waals surface area contributed by atoms with Crippen LogP contribution < -0.4 is 15.8 Å². The van der Waals surface area contributed by atoms with Crippen molar-refractivity contribution in [1.82, 2.24) is 0 Å². The van der Waals surface area contributed by atoms with E-state index in [1.165, 1.54) is 0 Å². The van der Waals surface area contributed by atoms with Crippen LogP contribution in [0.5, 0.6) is 5.75 Å². The van der Waals surface area contributed by atoms with E-state index in [1.807, 2.05) is 0 Å². The Morgan fingerprint density at radius 1 is 1.14 bits per heavy atom. The lowest BCUT2D eigenvalue weighted by Crippen LogP contribution is -2.28. The van der Waals surface area contributed by atoms with Crippen LogP contribution in [0.2, 0.25) is 10.0 Å². The molecule has 0 bridgehead atoms. The normalized spacial score (nSPS) is 11.8. The first-order valence-electron chi connectivity index (χ1n) is 6.16. The van der Waals surface area contributed by atoms with Gasteiger partial charge in [-0.05, 0) is 36.4 Å². The standard InChI is InChI=1S/C15H14Cl2N2O2/c1-21-10-7-5-9(6-8-10)19-14(15(18)20)13-11(16)3-2-4-12(13)17/h2-8,14,19H,1H3,(H2,18,20). The average molecular weight is 325 g/mol. The molecule has 2 rings (SSSR count). The van der Waals surface area contributed by atoms with E-state index in [0.717, 1.165) is 0 Å². The minimum Gasteiger partial charge on any atom is -0.497 e. The highest BCUT2D eigenvalue weighted by molar-refractivity contribution is 6.36. The summed E-state index contributed by atoms with van der Waals surface area (Å²) in [6.07, 6.45) is 0. The van der Waals surface area contributed by atoms with Crippen LogP contribution >= 0.6 is 23.2 Å². The van der Waals surface area contributed by atoms with Crippen molar-refractivity contribution in [2.45, 2.75) is 6.04 Å². The fourth-order valence-electron chi connectivity index (χ4n) is 1.93. The summed E-state index contributed by atoms with van der Waals surface area (Å²) in [7, 11) is 1.58.